The van der Waals surface area contributed by atoms with Gasteiger partial charge < -0.3 is 4.90 Å². The molecule has 5 heteroatoms. The standard InChI is InChI=1S/C18H24F2N2O/c19-17-9-21(8-15-6-13-3-4-14(15)5-13)11-18(17,20)16(23)22(10-17)7-12-1-2-12/h3-4,12-15H,1-2,5-11H2/t13-,14+,15-,17+,18-/m1/s1. The summed E-state index contributed by atoms with van der Waals surface area (Å²) in [5.74, 6) is 1.63. The van der Waals surface area contributed by atoms with E-state index in [0.29, 0.717) is 30.2 Å². The van der Waals surface area contributed by atoms with Gasteiger partial charge in [0.2, 0.25) is 5.67 Å². The largest absolute Gasteiger partial charge is 0.336 e. The van der Waals surface area contributed by atoms with E-state index in [1.807, 2.05) is 4.90 Å². The smallest absolute Gasteiger partial charge is 0.265 e. The Hall–Kier alpha value is -0.970. The second kappa shape index (κ2) is 4.56. The first-order chi connectivity index (χ1) is 11.0. The van der Waals surface area contributed by atoms with Gasteiger partial charge in [0, 0.05) is 26.2 Å². The quantitative estimate of drug-likeness (QED) is 0.741. The van der Waals surface area contributed by atoms with Gasteiger partial charge in [0.15, 0.2) is 5.67 Å². The van der Waals surface area contributed by atoms with E-state index in [0.717, 1.165) is 25.8 Å². The molecule has 0 N–H and O–H groups in total. The average molecular weight is 322 g/mol. The van der Waals surface area contributed by atoms with Crippen molar-refractivity contribution in [3.63, 3.8) is 0 Å². The molecule has 2 saturated carbocycles. The molecular formula is C18H24F2N2O. The number of nitrogens with zero attached hydrogens (tertiary/aromatic N) is 2. The van der Waals surface area contributed by atoms with E-state index < -0.39 is 17.2 Å². The van der Waals surface area contributed by atoms with Crippen molar-refractivity contribution in [3.8, 4) is 0 Å². The number of carbonyl (C=O) groups excluding carboxylic acids is 1. The first-order valence-electron chi connectivity index (χ1n) is 9.05. The summed E-state index contributed by atoms with van der Waals surface area (Å²) in [4.78, 5) is 15.8. The van der Waals surface area contributed by atoms with Gasteiger partial charge in [-0.3, -0.25) is 9.69 Å². The maximum atomic E-state index is 15.3. The SMILES string of the molecule is O=C1N(CC2CC2)C[C@@]2(F)CN(C[C@H]3C[C@@H]4C=C[C@H]3C4)C[C@@]12F. The molecule has 5 rings (SSSR count). The zero-order chi connectivity index (χ0) is 15.8. The number of carbonyl (C=O) groups is 1. The van der Waals surface area contributed by atoms with Crippen molar-refractivity contribution in [2.24, 2.45) is 23.7 Å². The maximum Gasteiger partial charge on any atom is 0.265 e. The molecule has 23 heavy (non-hydrogen) atoms. The lowest BCUT2D eigenvalue weighted by atomic mass is 9.93. The van der Waals surface area contributed by atoms with E-state index in [4.69, 9.17) is 0 Å². The van der Waals surface area contributed by atoms with Crippen LogP contribution in [0.3, 0.4) is 0 Å². The molecule has 5 atom stereocenters. The first kappa shape index (κ1) is 14.4. The molecular weight excluding hydrogens is 298 g/mol. The fraction of sp³-hybridized carbons (Fsp3) is 0.833. The summed E-state index contributed by atoms with van der Waals surface area (Å²) in [6, 6.07) is 0. The van der Waals surface area contributed by atoms with Crippen LogP contribution in [0.2, 0.25) is 0 Å². The van der Waals surface area contributed by atoms with Gasteiger partial charge in [-0.2, -0.15) is 0 Å². The number of hydrogen-bond donors (Lipinski definition) is 0. The number of alkyl halides is 2. The highest BCUT2D eigenvalue weighted by Gasteiger charge is 2.71. The monoisotopic (exact) mass is 322 g/mol. The molecule has 0 aromatic carbocycles. The molecule has 3 aliphatic carbocycles. The summed E-state index contributed by atoms with van der Waals surface area (Å²) in [6.07, 6.45) is 9.08. The van der Waals surface area contributed by atoms with E-state index in [9.17, 15) is 4.79 Å². The summed E-state index contributed by atoms with van der Waals surface area (Å²) < 4.78 is 30.6. The highest BCUT2D eigenvalue weighted by atomic mass is 19.2. The second-order valence-corrected chi connectivity index (χ2v) is 8.61. The Bertz CT molecular complexity index is 577. The summed E-state index contributed by atoms with van der Waals surface area (Å²) in [5.41, 5.74) is -4.32. The molecule has 3 nitrogen and oxygen atoms in total. The van der Waals surface area contributed by atoms with Crippen molar-refractivity contribution >= 4 is 5.91 Å². The average Bonchev–Trinajstić information content (AvgIpc) is 2.90. The predicted octanol–water partition coefficient (Wildman–Crippen LogP) is 2.18. The van der Waals surface area contributed by atoms with Crippen LogP contribution in [0.1, 0.15) is 25.7 Å². The summed E-state index contributed by atoms with van der Waals surface area (Å²) in [5, 5.41) is 0. The molecule has 126 valence electrons. The number of amides is 1. The van der Waals surface area contributed by atoms with Gasteiger partial charge in [0.1, 0.15) is 0 Å². The molecule has 1 amide bonds. The Morgan fingerprint density at radius 3 is 2.52 bits per heavy atom. The normalized spacial score (nSPS) is 48.7. The van der Waals surface area contributed by atoms with Crippen molar-refractivity contribution in [1.29, 1.82) is 0 Å². The van der Waals surface area contributed by atoms with Crippen LogP contribution in [-0.2, 0) is 4.79 Å². The molecule has 0 spiro atoms. The summed E-state index contributed by atoms with van der Waals surface area (Å²) in [7, 11) is 0. The van der Waals surface area contributed by atoms with E-state index >= 15 is 8.78 Å². The number of likely N-dealkylation sites (tertiary alicyclic amines) is 2. The topological polar surface area (TPSA) is 23.6 Å². The zero-order valence-corrected chi connectivity index (χ0v) is 13.4. The van der Waals surface area contributed by atoms with Gasteiger partial charge in [0.05, 0.1) is 6.54 Å². The first-order valence-corrected chi connectivity index (χ1v) is 9.05. The molecule has 2 bridgehead atoms. The van der Waals surface area contributed by atoms with Crippen molar-refractivity contribution in [2.75, 3.05) is 32.7 Å². The molecule has 0 unspecified atom stereocenters. The summed E-state index contributed by atoms with van der Waals surface area (Å²) in [6.45, 7) is 1.26. The fourth-order valence-corrected chi connectivity index (χ4v) is 5.37. The Balaban J connectivity index is 1.29. The molecule has 2 aliphatic heterocycles. The molecule has 2 heterocycles. The minimum atomic E-state index is -2.31. The Kier molecular flexibility index (Phi) is 2.85. The van der Waals surface area contributed by atoms with Gasteiger partial charge in [-0.25, -0.2) is 8.78 Å². The van der Waals surface area contributed by atoms with Gasteiger partial charge in [0.25, 0.3) is 5.91 Å². The van der Waals surface area contributed by atoms with Gasteiger partial charge in [-0.15, -0.1) is 0 Å². The van der Waals surface area contributed by atoms with Gasteiger partial charge in [-0.05, 0) is 49.4 Å². The zero-order valence-electron chi connectivity index (χ0n) is 13.4. The van der Waals surface area contributed by atoms with Crippen LogP contribution in [0.25, 0.3) is 0 Å². The van der Waals surface area contributed by atoms with Gasteiger partial charge >= 0.3 is 0 Å². The Morgan fingerprint density at radius 2 is 1.91 bits per heavy atom. The molecule has 0 radical (unpaired) electrons. The molecule has 4 fully saturated rings. The van der Waals surface area contributed by atoms with Crippen LogP contribution in [0.15, 0.2) is 12.2 Å². The Morgan fingerprint density at radius 1 is 1.09 bits per heavy atom. The minimum Gasteiger partial charge on any atom is -0.336 e. The van der Waals surface area contributed by atoms with Crippen LogP contribution in [0.4, 0.5) is 8.78 Å². The molecule has 0 aromatic heterocycles. The lowest BCUT2D eigenvalue weighted by Gasteiger charge is -2.27. The van der Waals surface area contributed by atoms with Crippen molar-refractivity contribution in [2.45, 2.75) is 37.0 Å². The molecule has 2 saturated heterocycles. The highest BCUT2D eigenvalue weighted by molar-refractivity contribution is 5.90. The maximum absolute atomic E-state index is 15.3. The number of rotatable bonds is 4. The van der Waals surface area contributed by atoms with E-state index in [-0.39, 0.29) is 19.6 Å². The molecule has 5 aliphatic rings. The van der Waals surface area contributed by atoms with Crippen molar-refractivity contribution in [3.05, 3.63) is 12.2 Å². The van der Waals surface area contributed by atoms with E-state index in [2.05, 4.69) is 12.2 Å². The fourth-order valence-electron chi connectivity index (χ4n) is 5.37. The third kappa shape index (κ3) is 2.04. The lowest BCUT2D eigenvalue weighted by Crippen LogP contribution is -2.47. The van der Waals surface area contributed by atoms with E-state index in [1.54, 1.807) is 0 Å². The number of halogens is 2. The van der Waals surface area contributed by atoms with Crippen LogP contribution in [0, 0.1) is 23.7 Å². The predicted molar refractivity (Wildman–Crippen MR) is 82.3 cm³/mol. The van der Waals surface area contributed by atoms with Crippen molar-refractivity contribution in [1.82, 2.24) is 9.80 Å². The van der Waals surface area contributed by atoms with Crippen LogP contribution >= 0.6 is 0 Å². The van der Waals surface area contributed by atoms with Gasteiger partial charge in [-0.1, -0.05) is 12.2 Å². The molecule has 0 aromatic rings. The van der Waals surface area contributed by atoms with Crippen LogP contribution in [0.5, 0.6) is 0 Å². The number of allylic oxidation sites excluding steroid dienone is 2. The lowest BCUT2D eigenvalue weighted by molar-refractivity contribution is -0.139. The Labute approximate surface area is 135 Å². The minimum absolute atomic E-state index is 0.0496. The summed E-state index contributed by atoms with van der Waals surface area (Å²) >= 11 is 0. The van der Waals surface area contributed by atoms with Crippen molar-refractivity contribution < 1.29 is 13.6 Å². The highest BCUT2D eigenvalue weighted by Crippen LogP contribution is 2.49. The van der Waals surface area contributed by atoms with E-state index in [1.165, 1.54) is 11.3 Å². The van der Waals surface area contributed by atoms with Crippen LogP contribution in [-0.4, -0.2) is 59.8 Å². The van der Waals surface area contributed by atoms with Crippen LogP contribution < -0.4 is 0 Å². The number of fused-ring (bicyclic) bond motifs is 3. The number of hydrogen-bond acceptors (Lipinski definition) is 2. The third-order valence-electron chi connectivity index (χ3n) is 6.78. The third-order valence-corrected chi connectivity index (χ3v) is 6.78. The second-order valence-electron chi connectivity index (χ2n) is 8.61.